The minimum Gasteiger partial charge on any atom is -0.445 e. The highest BCUT2D eigenvalue weighted by Crippen LogP contribution is 2.21. The maximum absolute atomic E-state index is 14.2. The quantitative estimate of drug-likeness (QED) is 0.0636. The van der Waals surface area contributed by atoms with Gasteiger partial charge in [0.1, 0.15) is 18.7 Å². The molecule has 54 heavy (non-hydrogen) atoms. The Morgan fingerprint density at radius 2 is 1.41 bits per heavy atom. The highest BCUT2D eigenvalue weighted by atomic mass is 32.1. The lowest BCUT2D eigenvalue weighted by atomic mass is 9.97. The maximum Gasteiger partial charge on any atom is 0.408 e. The number of hydrogen-bond acceptors (Lipinski definition) is 7. The maximum atomic E-state index is 14.2. The molecule has 11 nitrogen and oxygen atoms in total. The van der Waals surface area contributed by atoms with E-state index in [1.54, 1.807) is 6.20 Å². The fourth-order valence-electron chi connectivity index (χ4n) is 6.20. The van der Waals surface area contributed by atoms with Crippen molar-refractivity contribution in [2.24, 2.45) is 5.92 Å². The normalized spacial score (nSPS) is 13.3. The van der Waals surface area contributed by atoms with Gasteiger partial charge in [-0.1, -0.05) is 117 Å². The van der Waals surface area contributed by atoms with Crippen LogP contribution in [0.3, 0.4) is 0 Å². The number of nitrogens with one attached hydrogen (secondary N) is 5. The third kappa shape index (κ3) is 12.2. The summed E-state index contributed by atoms with van der Waals surface area (Å²) in [6, 6.07) is 29.8. The fourth-order valence-corrected chi connectivity index (χ4v) is 6.57. The van der Waals surface area contributed by atoms with Crippen LogP contribution < -0.4 is 21.3 Å². The molecule has 4 amide bonds. The van der Waals surface area contributed by atoms with E-state index in [-0.39, 0.29) is 37.7 Å². The molecule has 0 saturated carbocycles. The number of nitrogens with zero attached hydrogens (tertiary/aromatic N) is 1. The van der Waals surface area contributed by atoms with Crippen molar-refractivity contribution < 1.29 is 23.9 Å². The Balaban J connectivity index is 1.32. The van der Waals surface area contributed by atoms with E-state index in [0.717, 1.165) is 27.5 Å². The lowest BCUT2D eigenvalue weighted by molar-refractivity contribution is -0.130. The number of benzene rings is 4. The first-order valence-electron chi connectivity index (χ1n) is 18.2. The Morgan fingerprint density at radius 3 is 2.11 bits per heavy atom. The number of carbonyl (C=O) groups is 4. The van der Waals surface area contributed by atoms with Gasteiger partial charge in [-0.25, -0.2) is 9.78 Å². The number of carbonyl (C=O) groups excluding carboxylic acids is 4. The molecule has 5 N–H and O–H groups in total. The number of alkyl carbamates (subject to hydrolysis) is 1. The second-order valence-corrected chi connectivity index (χ2v) is 14.4. The van der Waals surface area contributed by atoms with E-state index >= 15 is 0 Å². The average Bonchev–Trinajstić information content (AvgIpc) is 3.69. The van der Waals surface area contributed by atoms with E-state index in [4.69, 9.17) is 17.4 Å². The first-order valence-corrected chi connectivity index (χ1v) is 18.7. The van der Waals surface area contributed by atoms with E-state index in [2.05, 4.69) is 31.2 Å². The molecule has 0 spiro atoms. The first kappa shape index (κ1) is 39.6. The Labute approximate surface area is 321 Å². The number of imidazole rings is 1. The summed E-state index contributed by atoms with van der Waals surface area (Å²) in [7, 11) is 0. The standard InChI is InChI=1S/C42H48N6O5S/c1-28(2)20-35(38(54)23-39(49)44-24-29-12-5-3-6-13-29)46-41(51)37(22-33-25-43-27-45-33)47-40(50)36(48-42(52)53-26-30-14-7-4-8-15-30)21-32-18-11-17-31-16-9-10-19-34(31)32/h3-19,25,27-28,35-38,54H,20-24,26H2,1-2H3,(H,43,45)(H,44,49)(H,46,51)(H,47,50)(H,48,52)/t35?,36-,37-,38?/m0/s1. The van der Waals surface area contributed by atoms with Gasteiger partial charge in [0.2, 0.25) is 17.7 Å². The Kier molecular flexibility index (Phi) is 14.7. The van der Waals surface area contributed by atoms with Crippen molar-refractivity contribution in [2.45, 2.75) is 76.1 Å². The van der Waals surface area contributed by atoms with E-state index in [9.17, 15) is 19.2 Å². The van der Waals surface area contributed by atoms with Crippen molar-refractivity contribution >= 4 is 47.2 Å². The summed E-state index contributed by atoms with van der Waals surface area (Å²) in [5.74, 6) is -1.05. The van der Waals surface area contributed by atoms with E-state index in [1.807, 2.05) is 117 Å². The minimum absolute atomic E-state index is 0.0197. The molecule has 282 valence electrons. The molecule has 0 bridgehead atoms. The lowest BCUT2D eigenvalue weighted by Gasteiger charge is -2.29. The molecule has 4 aromatic carbocycles. The molecule has 0 saturated heterocycles. The predicted molar refractivity (Wildman–Crippen MR) is 212 cm³/mol. The number of rotatable bonds is 18. The molecule has 1 aromatic heterocycles. The molecule has 0 radical (unpaired) electrons. The second kappa shape index (κ2) is 20.0. The fraction of sp³-hybridized carbons (Fsp3) is 0.310. The van der Waals surface area contributed by atoms with Gasteiger partial charge in [-0.2, -0.15) is 12.6 Å². The number of fused-ring (bicyclic) bond motifs is 1. The summed E-state index contributed by atoms with van der Waals surface area (Å²) >= 11 is 4.78. The molecule has 1 heterocycles. The SMILES string of the molecule is CC(C)CC(NC(=O)[C@H](Cc1c[nH]cn1)NC(=O)[C@H](Cc1cccc2ccccc12)NC(=O)OCc1ccccc1)C(S)CC(=O)NCc1ccccc1. The van der Waals surface area contributed by atoms with Crippen LogP contribution in [0.4, 0.5) is 4.79 Å². The van der Waals surface area contributed by atoms with E-state index < -0.39 is 41.3 Å². The van der Waals surface area contributed by atoms with Gasteiger partial charge in [-0.3, -0.25) is 14.4 Å². The molecule has 0 aliphatic carbocycles. The van der Waals surface area contributed by atoms with Crippen molar-refractivity contribution in [3.8, 4) is 0 Å². The number of ether oxygens (including phenoxy) is 1. The topological polar surface area (TPSA) is 154 Å². The number of amides is 4. The lowest BCUT2D eigenvalue weighted by Crippen LogP contribution is -2.57. The smallest absolute Gasteiger partial charge is 0.408 e. The molecule has 12 heteroatoms. The third-order valence-corrected chi connectivity index (χ3v) is 9.51. The monoisotopic (exact) mass is 748 g/mol. The van der Waals surface area contributed by atoms with Crippen LogP contribution in [0.2, 0.25) is 0 Å². The van der Waals surface area contributed by atoms with Crippen LogP contribution in [0.25, 0.3) is 10.8 Å². The van der Waals surface area contributed by atoms with E-state index in [0.29, 0.717) is 18.7 Å². The minimum atomic E-state index is -1.09. The molecular weight excluding hydrogens is 701 g/mol. The molecular formula is C42H48N6O5S. The molecule has 5 aromatic rings. The number of aromatic amines is 1. The zero-order valence-electron chi connectivity index (χ0n) is 30.5. The van der Waals surface area contributed by atoms with Crippen LogP contribution in [0.1, 0.15) is 49.1 Å². The van der Waals surface area contributed by atoms with Crippen molar-refractivity contribution in [1.29, 1.82) is 0 Å². The zero-order chi connectivity index (χ0) is 38.3. The van der Waals surface area contributed by atoms with Gasteiger partial charge in [0, 0.05) is 43.3 Å². The van der Waals surface area contributed by atoms with Crippen LogP contribution in [-0.4, -0.2) is 57.2 Å². The molecule has 5 rings (SSSR count). The van der Waals surface area contributed by atoms with Gasteiger partial charge in [0.25, 0.3) is 0 Å². The highest BCUT2D eigenvalue weighted by Gasteiger charge is 2.31. The van der Waals surface area contributed by atoms with Crippen molar-refractivity contribution in [2.75, 3.05) is 0 Å². The Hall–Kier alpha value is -5.62. The number of aromatic nitrogens is 2. The number of hydrogen-bond donors (Lipinski definition) is 6. The van der Waals surface area contributed by atoms with Gasteiger partial charge < -0.3 is 31.0 Å². The molecule has 2 unspecified atom stereocenters. The Morgan fingerprint density at radius 1 is 0.759 bits per heavy atom. The zero-order valence-corrected chi connectivity index (χ0v) is 31.4. The highest BCUT2D eigenvalue weighted by molar-refractivity contribution is 7.81. The molecule has 0 aliphatic heterocycles. The third-order valence-electron chi connectivity index (χ3n) is 8.97. The molecule has 0 aliphatic rings. The van der Waals surface area contributed by atoms with Crippen molar-refractivity contribution in [3.63, 3.8) is 0 Å². The van der Waals surface area contributed by atoms with Crippen LogP contribution in [0, 0.1) is 5.92 Å². The van der Waals surface area contributed by atoms with Crippen LogP contribution in [0.15, 0.2) is 116 Å². The van der Waals surface area contributed by atoms with Gasteiger partial charge in [0.05, 0.1) is 12.0 Å². The van der Waals surface area contributed by atoms with Gasteiger partial charge in [-0.15, -0.1) is 0 Å². The number of thiol groups is 1. The summed E-state index contributed by atoms with van der Waals surface area (Å²) in [4.78, 5) is 61.6. The summed E-state index contributed by atoms with van der Waals surface area (Å²) in [5.41, 5.74) is 3.17. The Bertz CT molecular complexity index is 1950. The number of H-pyrrole nitrogens is 1. The summed E-state index contributed by atoms with van der Waals surface area (Å²) in [6.07, 6.45) is 3.22. The van der Waals surface area contributed by atoms with Crippen molar-refractivity contribution in [3.05, 3.63) is 138 Å². The van der Waals surface area contributed by atoms with Gasteiger partial charge >= 0.3 is 6.09 Å². The molecule has 0 fully saturated rings. The summed E-state index contributed by atoms with van der Waals surface area (Å²) < 4.78 is 5.50. The second-order valence-electron chi connectivity index (χ2n) is 13.7. The average molecular weight is 749 g/mol. The van der Waals surface area contributed by atoms with Gasteiger partial charge in [-0.05, 0) is 39.8 Å². The van der Waals surface area contributed by atoms with E-state index in [1.165, 1.54) is 6.33 Å². The summed E-state index contributed by atoms with van der Waals surface area (Å²) in [6.45, 7) is 4.45. The molecule has 4 atom stereocenters. The van der Waals surface area contributed by atoms with Crippen molar-refractivity contribution in [1.82, 2.24) is 31.2 Å². The van der Waals surface area contributed by atoms with Gasteiger partial charge in [0.15, 0.2) is 0 Å². The summed E-state index contributed by atoms with van der Waals surface area (Å²) in [5, 5.41) is 13.1. The van der Waals surface area contributed by atoms with Crippen LogP contribution >= 0.6 is 12.6 Å². The largest absolute Gasteiger partial charge is 0.445 e. The van der Waals surface area contributed by atoms with Crippen LogP contribution in [0.5, 0.6) is 0 Å². The van der Waals surface area contributed by atoms with Crippen LogP contribution in [-0.2, 0) is 45.1 Å². The first-order chi connectivity index (χ1) is 26.1. The predicted octanol–water partition coefficient (Wildman–Crippen LogP) is 5.66.